The van der Waals surface area contributed by atoms with Crippen molar-refractivity contribution in [2.24, 2.45) is 0 Å². The second-order valence-electron chi connectivity index (χ2n) is 7.20. The highest BCUT2D eigenvalue weighted by molar-refractivity contribution is 7.15. The smallest absolute Gasteiger partial charge is 0.282 e. The van der Waals surface area contributed by atoms with Crippen LogP contribution >= 0.6 is 11.3 Å². The molecule has 4 rings (SSSR count). The van der Waals surface area contributed by atoms with Gasteiger partial charge in [-0.1, -0.05) is 36.7 Å². The molecule has 1 aliphatic heterocycles. The molecule has 0 spiro atoms. The average Bonchev–Trinajstić information content (AvgIpc) is 3.09. The first kappa shape index (κ1) is 18.2. The lowest BCUT2D eigenvalue weighted by Gasteiger charge is -2.39. The zero-order valence-electron chi connectivity index (χ0n) is 14.8. The van der Waals surface area contributed by atoms with Crippen LogP contribution in [-0.2, 0) is 11.2 Å². The van der Waals surface area contributed by atoms with Crippen molar-refractivity contribution < 1.29 is 13.6 Å². The molecule has 1 aliphatic carbocycles. The lowest BCUT2D eigenvalue weighted by molar-refractivity contribution is -0.115. The lowest BCUT2D eigenvalue weighted by Crippen LogP contribution is -2.56. The summed E-state index contributed by atoms with van der Waals surface area (Å²) in [7, 11) is 0. The number of pyridine rings is 1. The molecule has 1 saturated heterocycles. The number of rotatable bonds is 5. The molecule has 1 saturated carbocycles. The van der Waals surface area contributed by atoms with Crippen molar-refractivity contribution in [2.75, 3.05) is 23.3 Å². The predicted octanol–water partition coefficient (Wildman–Crippen LogP) is 3.62. The summed E-state index contributed by atoms with van der Waals surface area (Å²) in [6.07, 6.45) is 6.05. The maximum absolute atomic E-state index is 13.0. The topological polar surface area (TPSA) is 71.0 Å². The van der Waals surface area contributed by atoms with E-state index in [2.05, 4.69) is 20.5 Å². The van der Waals surface area contributed by atoms with Crippen LogP contribution < -0.4 is 10.2 Å². The number of carbonyl (C=O) groups excluding carboxylic acids is 1. The zero-order chi connectivity index (χ0) is 18.9. The summed E-state index contributed by atoms with van der Waals surface area (Å²) in [4.78, 5) is 18.1. The number of nitrogens with one attached hydrogen (secondary N) is 1. The highest BCUT2D eigenvalue weighted by Gasteiger charge is 2.44. The van der Waals surface area contributed by atoms with E-state index in [4.69, 9.17) is 0 Å². The molecule has 0 aromatic carbocycles. The van der Waals surface area contributed by atoms with Crippen molar-refractivity contribution in [3.8, 4) is 0 Å². The minimum atomic E-state index is -2.65. The number of nitrogens with zero attached hydrogens (tertiary/aromatic N) is 4. The normalized spacial score (nSPS) is 19.6. The number of amides is 1. The number of anilines is 2. The van der Waals surface area contributed by atoms with Crippen molar-refractivity contribution >= 4 is 28.2 Å². The molecule has 3 heterocycles. The Kier molecular flexibility index (Phi) is 5.03. The van der Waals surface area contributed by atoms with E-state index in [-0.39, 0.29) is 25.4 Å². The molecule has 9 heteroatoms. The van der Waals surface area contributed by atoms with Crippen molar-refractivity contribution in [3.63, 3.8) is 0 Å². The third-order valence-corrected chi connectivity index (χ3v) is 5.94. The monoisotopic (exact) mass is 393 g/mol. The molecule has 0 bridgehead atoms. The van der Waals surface area contributed by atoms with E-state index in [0.29, 0.717) is 22.6 Å². The van der Waals surface area contributed by atoms with Crippen molar-refractivity contribution in [1.82, 2.24) is 15.2 Å². The van der Waals surface area contributed by atoms with Crippen LogP contribution in [0.15, 0.2) is 18.2 Å². The van der Waals surface area contributed by atoms with E-state index >= 15 is 0 Å². The molecular formula is C18H21F2N5OS. The highest BCUT2D eigenvalue weighted by Crippen LogP contribution is 2.35. The van der Waals surface area contributed by atoms with Crippen LogP contribution in [0.3, 0.4) is 0 Å². The quantitative estimate of drug-likeness (QED) is 0.840. The number of halogens is 2. The largest absolute Gasteiger partial charge is 0.344 e. The van der Waals surface area contributed by atoms with Crippen LogP contribution in [0.1, 0.15) is 48.7 Å². The molecule has 1 amide bonds. The summed E-state index contributed by atoms with van der Waals surface area (Å²) in [6, 6.07) is 5.12. The number of hydrogen-bond donors (Lipinski definition) is 1. The molecular weight excluding hydrogens is 372 g/mol. The third kappa shape index (κ3) is 4.40. The first-order chi connectivity index (χ1) is 13.0. The second kappa shape index (κ2) is 7.46. The van der Waals surface area contributed by atoms with E-state index in [0.717, 1.165) is 17.8 Å². The Morgan fingerprint density at radius 3 is 2.74 bits per heavy atom. The molecule has 2 aliphatic rings. The maximum Gasteiger partial charge on any atom is 0.282 e. The number of carbonyl (C=O) groups is 1. The van der Waals surface area contributed by atoms with Crippen LogP contribution in [-0.4, -0.2) is 40.1 Å². The molecule has 2 aromatic rings. The van der Waals surface area contributed by atoms with E-state index < -0.39 is 5.92 Å². The van der Waals surface area contributed by atoms with Gasteiger partial charge in [0.2, 0.25) is 11.0 Å². The van der Waals surface area contributed by atoms with Gasteiger partial charge in [-0.3, -0.25) is 4.79 Å². The summed E-state index contributed by atoms with van der Waals surface area (Å²) in [5.41, 5.74) is 0.539. The fourth-order valence-electron chi connectivity index (χ4n) is 3.54. The Bertz CT molecular complexity index is 814. The van der Waals surface area contributed by atoms with Gasteiger partial charge in [-0.15, -0.1) is 10.2 Å². The lowest BCUT2D eigenvalue weighted by atomic mass is 9.90. The van der Waals surface area contributed by atoms with Gasteiger partial charge in [0.05, 0.1) is 25.2 Å². The molecule has 6 nitrogen and oxygen atoms in total. The average molecular weight is 393 g/mol. The fraction of sp³-hybridized carbons (Fsp3) is 0.556. The summed E-state index contributed by atoms with van der Waals surface area (Å²) >= 11 is 1.43. The molecule has 144 valence electrons. The highest BCUT2D eigenvalue weighted by atomic mass is 32.1. The first-order valence-electron chi connectivity index (χ1n) is 9.20. The van der Waals surface area contributed by atoms with Crippen LogP contribution in [0, 0.1) is 0 Å². The van der Waals surface area contributed by atoms with Crippen LogP contribution in [0.5, 0.6) is 0 Å². The molecule has 1 N–H and O–H groups in total. The van der Waals surface area contributed by atoms with E-state index in [1.807, 2.05) is 0 Å². The second-order valence-corrected chi connectivity index (χ2v) is 8.21. The Morgan fingerprint density at radius 2 is 2.00 bits per heavy atom. The van der Waals surface area contributed by atoms with Gasteiger partial charge in [-0.05, 0) is 25.0 Å². The fourth-order valence-corrected chi connectivity index (χ4v) is 4.47. The molecule has 2 aromatic heterocycles. The molecule has 0 atom stereocenters. The van der Waals surface area contributed by atoms with E-state index in [1.54, 1.807) is 18.2 Å². The van der Waals surface area contributed by atoms with Crippen LogP contribution in [0.25, 0.3) is 0 Å². The number of alkyl halides is 2. The minimum Gasteiger partial charge on any atom is -0.344 e. The Labute approximate surface area is 160 Å². The van der Waals surface area contributed by atoms with Gasteiger partial charge in [-0.2, -0.15) is 0 Å². The van der Waals surface area contributed by atoms with E-state index in [1.165, 1.54) is 35.5 Å². The molecule has 2 fully saturated rings. The Hall–Kier alpha value is -2.16. The molecule has 0 radical (unpaired) electrons. The number of aromatic nitrogens is 3. The molecule has 27 heavy (non-hydrogen) atoms. The van der Waals surface area contributed by atoms with Gasteiger partial charge in [0, 0.05) is 5.92 Å². The molecule has 0 unspecified atom stereocenters. The van der Waals surface area contributed by atoms with Gasteiger partial charge in [0.25, 0.3) is 5.92 Å². The Morgan fingerprint density at radius 1 is 1.22 bits per heavy atom. The first-order valence-corrected chi connectivity index (χ1v) is 10.0. The number of hydrogen-bond acceptors (Lipinski definition) is 6. The zero-order valence-corrected chi connectivity index (χ0v) is 15.6. The van der Waals surface area contributed by atoms with Crippen LogP contribution in [0.4, 0.5) is 19.7 Å². The van der Waals surface area contributed by atoms with Crippen molar-refractivity contribution in [1.29, 1.82) is 0 Å². The van der Waals surface area contributed by atoms with Gasteiger partial charge in [0.1, 0.15) is 10.8 Å². The predicted molar refractivity (Wildman–Crippen MR) is 99.5 cm³/mol. The minimum absolute atomic E-state index is 0.0659. The van der Waals surface area contributed by atoms with E-state index in [9.17, 15) is 13.6 Å². The van der Waals surface area contributed by atoms with Crippen LogP contribution in [0.2, 0.25) is 0 Å². The van der Waals surface area contributed by atoms with Gasteiger partial charge < -0.3 is 10.2 Å². The van der Waals surface area contributed by atoms with Crippen molar-refractivity contribution in [3.05, 3.63) is 28.9 Å². The summed E-state index contributed by atoms with van der Waals surface area (Å²) in [5, 5.41) is 12.6. The third-order valence-electron chi connectivity index (χ3n) is 4.94. The summed E-state index contributed by atoms with van der Waals surface area (Å²) < 4.78 is 26.0. The summed E-state index contributed by atoms with van der Waals surface area (Å²) in [6.45, 7) is -0.658. The maximum atomic E-state index is 13.0. The van der Waals surface area contributed by atoms with Gasteiger partial charge >= 0.3 is 0 Å². The van der Waals surface area contributed by atoms with Crippen molar-refractivity contribution in [2.45, 2.75) is 50.4 Å². The summed E-state index contributed by atoms with van der Waals surface area (Å²) in [5.74, 6) is -1.96. The standard InChI is InChI=1S/C18H21F2N5OS/c19-18(20)10-25(11-18)14-8-4-7-13(21-14)9-15(26)22-17-24-23-16(27-17)12-5-2-1-3-6-12/h4,7-8,12H,1-3,5-6,9-11H2,(H,22,24,26). The SMILES string of the molecule is O=C(Cc1cccc(N2CC(F)(F)C2)n1)Nc1nnc(C2CCCCC2)s1. The van der Waals surface area contributed by atoms with Gasteiger partial charge in [0.15, 0.2) is 0 Å². The Balaban J connectivity index is 1.34. The van der Waals surface area contributed by atoms with Gasteiger partial charge in [-0.25, -0.2) is 13.8 Å².